The fraction of sp³-hybridized carbons (Fsp3) is 0.107. The number of carbonyl (C=O) groups excluding carboxylic acids is 1. The monoisotopic (exact) mass is 502 g/mol. The number of carbonyl (C=O) groups is 1. The molecule has 4 aromatic rings. The zero-order valence-corrected chi connectivity index (χ0v) is 21.1. The largest absolute Gasteiger partial charge is 0.325 e. The van der Waals surface area contributed by atoms with Gasteiger partial charge >= 0.3 is 0 Å². The summed E-state index contributed by atoms with van der Waals surface area (Å²) in [5.41, 5.74) is 4.20. The fourth-order valence-electron chi connectivity index (χ4n) is 3.52. The number of sulfonamides is 1. The third-order valence-electron chi connectivity index (χ3n) is 5.41. The molecule has 0 aliphatic rings. The molecule has 5 nitrogen and oxygen atoms in total. The number of rotatable bonds is 8. The van der Waals surface area contributed by atoms with Crippen LogP contribution < -0.4 is 10.0 Å². The van der Waals surface area contributed by atoms with Gasteiger partial charge in [-0.2, -0.15) is 0 Å². The fourth-order valence-corrected chi connectivity index (χ4v) is 5.63. The molecule has 0 radical (unpaired) electrons. The van der Waals surface area contributed by atoms with Gasteiger partial charge in [0.25, 0.3) is 10.0 Å². The molecule has 0 aromatic heterocycles. The molecule has 0 bridgehead atoms. The maximum absolute atomic E-state index is 13.4. The van der Waals surface area contributed by atoms with E-state index in [0.717, 1.165) is 27.3 Å². The topological polar surface area (TPSA) is 75.3 Å². The highest BCUT2D eigenvalue weighted by Gasteiger charge is 2.23. The minimum Gasteiger partial charge on any atom is -0.325 e. The van der Waals surface area contributed by atoms with E-state index >= 15 is 0 Å². The van der Waals surface area contributed by atoms with Crippen molar-refractivity contribution in [1.82, 2.24) is 0 Å². The first-order valence-electron chi connectivity index (χ1n) is 11.1. The van der Waals surface area contributed by atoms with Crippen molar-refractivity contribution in [2.24, 2.45) is 0 Å². The molecule has 1 amide bonds. The third kappa shape index (κ3) is 6.32. The molecule has 2 N–H and O–H groups in total. The number of thioether (sulfide) groups is 1. The van der Waals surface area contributed by atoms with Crippen molar-refractivity contribution >= 4 is 39.1 Å². The van der Waals surface area contributed by atoms with Crippen molar-refractivity contribution in [1.29, 1.82) is 0 Å². The van der Waals surface area contributed by atoms with Crippen LogP contribution in [-0.4, -0.2) is 14.3 Å². The van der Waals surface area contributed by atoms with Gasteiger partial charge in [-0.1, -0.05) is 60.7 Å². The van der Waals surface area contributed by atoms with Gasteiger partial charge < -0.3 is 5.32 Å². The second kappa shape index (κ2) is 10.8. The molecule has 1 atom stereocenters. The molecule has 4 rings (SSSR count). The lowest BCUT2D eigenvalue weighted by molar-refractivity contribution is -0.115. The maximum Gasteiger partial charge on any atom is 0.261 e. The van der Waals surface area contributed by atoms with Crippen LogP contribution in [0.3, 0.4) is 0 Å². The predicted molar refractivity (Wildman–Crippen MR) is 143 cm³/mol. The second-order valence-electron chi connectivity index (χ2n) is 8.16. The Bertz CT molecular complexity index is 1410. The quantitative estimate of drug-likeness (QED) is 0.267. The van der Waals surface area contributed by atoms with Gasteiger partial charge in [-0.15, -0.1) is 11.8 Å². The Balaban J connectivity index is 1.53. The average molecular weight is 503 g/mol. The first-order valence-corrected chi connectivity index (χ1v) is 13.5. The van der Waals surface area contributed by atoms with Crippen LogP contribution in [0.5, 0.6) is 0 Å². The normalized spacial score (nSPS) is 12.1. The summed E-state index contributed by atoms with van der Waals surface area (Å²) in [4.78, 5) is 14.4. The lowest BCUT2D eigenvalue weighted by Crippen LogP contribution is -2.19. The van der Waals surface area contributed by atoms with Gasteiger partial charge in [0.1, 0.15) is 5.25 Å². The molecule has 4 aromatic carbocycles. The highest BCUT2D eigenvalue weighted by atomic mass is 32.2. The number of hydrogen-bond donors (Lipinski definition) is 2. The summed E-state index contributed by atoms with van der Waals surface area (Å²) in [7, 11) is -3.67. The van der Waals surface area contributed by atoms with Crippen LogP contribution >= 0.6 is 11.8 Å². The third-order valence-corrected chi connectivity index (χ3v) is 8.07. The molecule has 7 heteroatoms. The lowest BCUT2D eigenvalue weighted by Gasteiger charge is -2.18. The van der Waals surface area contributed by atoms with Gasteiger partial charge in [-0.05, 0) is 73.0 Å². The lowest BCUT2D eigenvalue weighted by atomic mass is 10.1. The molecule has 0 spiro atoms. The molecular formula is C28H26N2O3S2. The molecule has 1 unspecified atom stereocenters. The molecule has 0 saturated carbocycles. The van der Waals surface area contributed by atoms with Crippen molar-refractivity contribution in [3.63, 3.8) is 0 Å². The van der Waals surface area contributed by atoms with Crippen molar-refractivity contribution in [2.45, 2.75) is 28.9 Å². The molecule has 0 saturated heterocycles. The van der Waals surface area contributed by atoms with Gasteiger partial charge in [0.05, 0.1) is 4.90 Å². The summed E-state index contributed by atoms with van der Waals surface area (Å²) in [5.74, 6) is -0.122. The summed E-state index contributed by atoms with van der Waals surface area (Å²) >= 11 is 1.41. The van der Waals surface area contributed by atoms with E-state index in [4.69, 9.17) is 0 Å². The summed E-state index contributed by atoms with van der Waals surface area (Å²) in [5, 5.41) is 2.60. The Kier molecular flexibility index (Phi) is 7.58. The Labute approximate surface area is 210 Å². The highest BCUT2D eigenvalue weighted by molar-refractivity contribution is 8.00. The van der Waals surface area contributed by atoms with E-state index < -0.39 is 15.3 Å². The van der Waals surface area contributed by atoms with Gasteiger partial charge in [-0.3, -0.25) is 9.52 Å². The van der Waals surface area contributed by atoms with Crippen LogP contribution in [0.2, 0.25) is 0 Å². The van der Waals surface area contributed by atoms with Crippen LogP contribution in [0.15, 0.2) is 113 Å². The van der Waals surface area contributed by atoms with E-state index in [1.165, 1.54) is 11.8 Å². The van der Waals surface area contributed by atoms with E-state index in [9.17, 15) is 13.2 Å². The Morgan fingerprint density at radius 3 is 2.09 bits per heavy atom. The van der Waals surface area contributed by atoms with Crippen LogP contribution in [0.25, 0.3) is 0 Å². The number of anilines is 2. The molecule has 178 valence electrons. The zero-order valence-electron chi connectivity index (χ0n) is 19.4. The van der Waals surface area contributed by atoms with Crippen LogP contribution in [-0.2, 0) is 14.8 Å². The maximum atomic E-state index is 13.4. The van der Waals surface area contributed by atoms with Gasteiger partial charge in [0, 0.05) is 16.3 Å². The minimum absolute atomic E-state index is 0.122. The average Bonchev–Trinajstić information content (AvgIpc) is 2.86. The van der Waals surface area contributed by atoms with Crippen molar-refractivity contribution in [2.75, 3.05) is 10.0 Å². The SMILES string of the molecule is Cc1ccc(C)c(NC(=O)C(Sc2ccc(NS(=O)(=O)c3ccccc3)cc2)c2ccccc2)c1. The Morgan fingerprint density at radius 2 is 1.43 bits per heavy atom. The second-order valence-corrected chi connectivity index (χ2v) is 11.0. The van der Waals surface area contributed by atoms with Crippen LogP contribution in [0.1, 0.15) is 21.9 Å². The zero-order chi connectivity index (χ0) is 24.8. The van der Waals surface area contributed by atoms with Crippen molar-refractivity contribution in [3.8, 4) is 0 Å². The number of hydrogen-bond acceptors (Lipinski definition) is 4. The van der Waals surface area contributed by atoms with E-state index in [2.05, 4.69) is 10.0 Å². The standard InChI is InChI=1S/C28H26N2O3S2/c1-20-13-14-21(2)26(19-20)29-28(31)27(22-9-5-3-6-10-22)34-24-17-15-23(16-18-24)30-35(32,33)25-11-7-4-8-12-25/h3-19,27,30H,1-2H3,(H,29,31). The smallest absolute Gasteiger partial charge is 0.261 e. The first kappa shape index (κ1) is 24.6. The van der Waals surface area contributed by atoms with Gasteiger partial charge in [0.15, 0.2) is 0 Å². The molecular weight excluding hydrogens is 476 g/mol. The molecule has 0 heterocycles. The highest BCUT2D eigenvalue weighted by Crippen LogP contribution is 2.37. The summed E-state index contributed by atoms with van der Waals surface area (Å²) in [6.45, 7) is 3.96. The number of nitrogens with one attached hydrogen (secondary N) is 2. The van der Waals surface area contributed by atoms with E-state index in [1.54, 1.807) is 42.5 Å². The summed E-state index contributed by atoms with van der Waals surface area (Å²) in [6.07, 6.45) is 0. The number of aryl methyl sites for hydroxylation is 2. The van der Waals surface area contributed by atoms with Gasteiger partial charge in [0.2, 0.25) is 5.91 Å². The Hall–Kier alpha value is -3.55. The van der Waals surface area contributed by atoms with E-state index in [0.29, 0.717) is 5.69 Å². The molecule has 0 aliphatic heterocycles. The molecule has 35 heavy (non-hydrogen) atoms. The van der Waals surface area contributed by atoms with Crippen LogP contribution in [0.4, 0.5) is 11.4 Å². The minimum atomic E-state index is -3.67. The van der Waals surface area contributed by atoms with Crippen molar-refractivity contribution in [3.05, 3.63) is 120 Å². The van der Waals surface area contributed by atoms with Crippen LogP contribution in [0, 0.1) is 13.8 Å². The van der Waals surface area contributed by atoms with Crippen molar-refractivity contribution < 1.29 is 13.2 Å². The van der Waals surface area contributed by atoms with Gasteiger partial charge in [-0.25, -0.2) is 8.42 Å². The van der Waals surface area contributed by atoms with E-state index in [1.807, 2.05) is 74.5 Å². The predicted octanol–water partition coefficient (Wildman–Crippen LogP) is 6.58. The Morgan fingerprint density at radius 1 is 0.800 bits per heavy atom. The summed E-state index contributed by atoms with van der Waals surface area (Å²) < 4.78 is 27.8. The first-order chi connectivity index (χ1) is 16.8. The number of benzene rings is 4. The van der Waals surface area contributed by atoms with E-state index in [-0.39, 0.29) is 10.8 Å². The molecule has 0 aliphatic carbocycles. The molecule has 0 fully saturated rings. The summed E-state index contributed by atoms with van der Waals surface area (Å²) in [6, 6.07) is 30.8. The number of amides is 1.